The molecular weight excluding hydrogens is 417 g/mol. The summed E-state index contributed by atoms with van der Waals surface area (Å²) in [5, 5.41) is 3.77. The zero-order chi connectivity index (χ0) is 15.4. The standard InChI is InChI=1S/C16H12Br2ClNO/c1-10(20-13-6-7-14(18)15(19)9-13)8-16(21)11-2-4-12(17)5-3-11/h2-9,20H,1H3/b10-8+. The van der Waals surface area contributed by atoms with Crippen molar-refractivity contribution in [2.75, 3.05) is 5.32 Å². The van der Waals surface area contributed by atoms with E-state index in [0.717, 1.165) is 20.3 Å². The van der Waals surface area contributed by atoms with Crippen molar-refractivity contribution in [1.29, 1.82) is 0 Å². The van der Waals surface area contributed by atoms with Gasteiger partial charge in [-0.2, -0.15) is 0 Å². The molecule has 5 heteroatoms. The summed E-state index contributed by atoms with van der Waals surface area (Å²) in [6.07, 6.45) is 1.57. The normalized spacial score (nSPS) is 11.3. The fourth-order valence-corrected chi connectivity index (χ4v) is 2.42. The molecule has 0 aliphatic heterocycles. The first-order chi connectivity index (χ1) is 9.95. The van der Waals surface area contributed by atoms with Gasteiger partial charge in [-0.25, -0.2) is 0 Å². The number of hydrogen-bond acceptors (Lipinski definition) is 2. The van der Waals surface area contributed by atoms with E-state index in [1.807, 2.05) is 31.2 Å². The molecule has 21 heavy (non-hydrogen) atoms. The molecule has 0 heterocycles. The van der Waals surface area contributed by atoms with Crippen LogP contribution in [0.25, 0.3) is 0 Å². The van der Waals surface area contributed by atoms with E-state index in [2.05, 4.69) is 37.2 Å². The molecule has 0 saturated heterocycles. The fourth-order valence-electron chi connectivity index (χ4n) is 1.73. The zero-order valence-corrected chi connectivity index (χ0v) is 15.1. The fraction of sp³-hybridized carbons (Fsp3) is 0.0625. The molecule has 0 aromatic heterocycles. The zero-order valence-electron chi connectivity index (χ0n) is 11.2. The summed E-state index contributed by atoms with van der Waals surface area (Å²) >= 11 is 12.7. The van der Waals surface area contributed by atoms with Crippen molar-refractivity contribution in [2.24, 2.45) is 0 Å². The van der Waals surface area contributed by atoms with Crippen molar-refractivity contribution < 1.29 is 4.79 Å². The SMILES string of the molecule is C/C(=C\C(=O)c1ccc(Br)cc1)Nc1ccc(Br)c(Cl)c1. The molecule has 108 valence electrons. The van der Waals surface area contributed by atoms with Crippen LogP contribution in [0.5, 0.6) is 0 Å². The second-order valence-corrected chi connectivity index (χ2v) is 6.63. The second kappa shape index (κ2) is 7.25. The van der Waals surface area contributed by atoms with E-state index in [1.165, 1.54) is 0 Å². The van der Waals surface area contributed by atoms with E-state index in [9.17, 15) is 4.79 Å². The predicted molar refractivity (Wildman–Crippen MR) is 95.0 cm³/mol. The Bertz CT molecular complexity index is 696. The first-order valence-electron chi connectivity index (χ1n) is 6.16. The van der Waals surface area contributed by atoms with E-state index >= 15 is 0 Å². The number of carbonyl (C=O) groups excluding carboxylic acids is 1. The van der Waals surface area contributed by atoms with Crippen LogP contribution in [0, 0.1) is 0 Å². The largest absolute Gasteiger partial charge is 0.359 e. The number of ketones is 1. The van der Waals surface area contributed by atoms with Crippen molar-refractivity contribution in [1.82, 2.24) is 0 Å². The molecule has 0 aliphatic rings. The summed E-state index contributed by atoms with van der Waals surface area (Å²) in [5.41, 5.74) is 2.23. The first kappa shape index (κ1) is 16.3. The molecule has 2 nitrogen and oxygen atoms in total. The van der Waals surface area contributed by atoms with Gasteiger partial charge in [0.15, 0.2) is 5.78 Å². The Kier molecular flexibility index (Phi) is 5.62. The maximum atomic E-state index is 12.1. The van der Waals surface area contributed by atoms with Gasteiger partial charge in [-0.3, -0.25) is 4.79 Å². The summed E-state index contributed by atoms with van der Waals surface area (Å²) in [5.74, 6) is -0.0456. The molecule has 0 amide bonds. The van der Waals surface area contributed by atoms with Gasteiger partial charge in [0.25, 0.3) is 0 Å². The first-order valence-corrected chi connectivity index (χ1v) is 8.12. The summed E-state index contributed by atoms with van der Waals surface area (Å²) in [7, 11) is 0. The van der Waals surface area contributed by atoms with Gasteiger partial charge in [0.1, 0.15) is 0 Å². The molecule has 0 bridgehead atoms. The summed E-state index contributed by atoms with van der Waals surface area (Å²) in [4.78, 5) is 12.1. The average Bonchev–Trinajstić information content (AvgIpc) is 2.43. The lowest BCUT2D eigenvalue weighted by Gasteiger charge is -2.07. The minimum absolute atomic E-state index is 0.0456. The van der Waals surface area contributed by atoms with Gasteiger partial charge in [0.05, 0.1) is 5.02 Å². The van der Waals surface area contributed by atoms with Crippen LogP contribution in [0.4, 0.5) is 5.69 Å². The number of benzene rings is 2. The van der Waals surface area contributed by atoms with Crippen LogP contribution in [0.1, 0.15) is 17.3 Å². The number of nitrogens with one attached hydrogen (secondary N) is 1. The van der Waals surface area contributed by atoms with Crippen molar-refractivity contribution >= 4 is 54.9 Å². The Morgan fingerprint density at radius 3 is 2.43 bits per heavy atom. The Morgan fingerprint density at radius 1 is 1.14 bits per heavy atom. The van der Waals surface area contributed by atoms with Crippen LogP contribution in [-0.4, -0.2) is 5.78 Å². The van der Waals surface area contributed by atoms with Gasteiger partial charge in [-0.15, -0.1) is 0 Å². The quantitative estimate of drug-likeness (QED) is 0.473. The Labute approximate surface area is 145 Å². The highest BCUT2D eigenvalue weighted by Gasteiger charge is 2.04. The predicted octanol–water partition coefficient (Wildman–Crippen LogP) is 6.06. The molecule has 0 radical (unpaired) electrons. The lowest BCUT2D eigenvalue weighted by molar-refractivity contribution is 0.104. The molecule has 2 aromatic rings. The molecule has 1 N–H and O–H groups in total. The highest BCUT2D eigenvalue weighted by Crippen LogP contribution is 2.26. The second-order valence-electron chi connectivity index (χ2n) is 4.45. The van der Waals surface area contributed by atoms with Crippen molar-refractivity contribution in [3.05, 3.63) is 73.8 Å². The third-order valence-corrected chi connectivity index (χ3v) is 4.50. The maximum Gasteiger partial charge on any atom is 0.187 e. The van der Waals surface area contributed by atoms with E-state index in [1.54, 1.807) is 24.3 Å². The number of anilines is 1. The summed E-state index contributed by atoms with van der Waals surface area (Å²) in [6, 6.07) is 12.8. The number of rotatable bonds is 4. The molecule has 0 atom stereocenters. The van der Waals surface area contributed by atoms with E-state index < -0.39 is 0 Å². The number of carbonyl (C=O) groups is 1. The molecule has 2 aromatic carbocycles. The lowest BCUT2D eigenvalue weighted by Crippen LogP contribution is -2.01. The van der Waals surface area contributed by atoms with Crippen LogP contribution in [0.2, 0.25) is 5.02 Å². The topological polar surface area (TPSA) is 29.1 Å². The van der Waals surface area contributed by atoms with Crippen LogP contribution in [-0.2, 0) is 0 Å². The average molecular weight is 430 g/mol. The van der Waals surface area contributed by atoms with E-state index in [0.29, 0.717) is 10.6 Å². The summed E-state index contributed by atoms with van der Waals surface area (Å²) in [6.45, 7) is 1.84. The molecule has 0 aliphatic carbocycles. The van der Waals surface area contributed by atoms with Crippen LogP contribution in [0.3, 0.4) is 0 Å². The van der Waals surface area contributed by atoms with E-state index in [4.69, 9.17) is 11.6 Å². The Balaban J connectivity index is 2.11. The Hall–Kier alpha value is -1.10. The van der Waals surface area contributed by atoms with Crippen molar-refractivity contribution in [3.8, 4) is 0 Å². The van der Waals surface area contributed by atoms with E-state index in [-0.39, 0.29) is 5.78 Å². The molecular formula is C16H12Br2ClNO. The van der Waals surface area contributed by atoms with Crippen LogP contribution in [0.15, 0.2) is 63.2 Å². The Morgan fingerprint density at radius 2 is 1.81 bits per heavy atom. The van der Waals surface area contributed by atoms with Gasteiger partial charge in [0.2, 0.25) is 0 Å². The molecule has 0 fully saturated rings. The van der Waals surface area contributed by atoms with Gasteiger partial charge < -0.3 is 5.32 Å². The molecule has 0 saturated carbocycles. The van der Waals surface area contributed by atoms with Gasteiger partial charge in [-0.1, -0.05) is 27.5 Å². The highest BCUT2D eigenvalue weighted by molar-refractivity contribution is 9.10. The third-order valence-electron chi connectivity index (χ3n) is 2.74. The molecule has 0 unspecified atom stereocenters. The highest BCUT2D eigenvalue weighted by atomic mass is 79.9. The number of halogens is 3. The number of hydrogen-bond donors (Lipinski definition) is 1. The monoisotopic (exact) mass is 427 g/mol. The minimum Gasteiger partial charge on any atom is -0.359 e. The van der Waals surface area contributed by atoms with Crippen LogP contribution < -0.4 is 5.32 Å². The molecule has 2 rings (SSSR count). The van der Waals surface area contributed by atoms with Crippen molar-refractivity contribution in [3.63, 3.8) is 0 Å². The van der Waals surface area contributed by atoms with Gasteiger partial charge in [0, 0.05) is 32.0 Å². The lowest BCUT2D eigenvalue weighted by atomic mass is 10.1. The minimum atomic E-state index is -0.0456. The van der Waals surface area contributed by atoms with Gasteiger partial charge in [-0.05, 0) is 65.3 Å². The molecule has 0 spiro atoms. The van der Waals surface area contributed by atoms with Gasteiger partial charge >= 0.3 is 0 Å². The van der Waals surface area contributed by atoms with Crippen LogP contribution >= 0.6 is 43.5 Å². The summed E-state index contributed by atoms with van der Waals surface area (Å²) < 4.78 is 1.78. The third kappa shape index (κ3) is 4.70. The van der Waals surface area contributed by atoms with Crippen molar-refractivity contribution in [2.45, 2.75) is 6.92 Å². The number of allylic oxidation sites excluding steroid dienone is 2. The maximum absolute atomic E-state index is 12.1. The smallest absolute Gasteiger partial charge is 0.187 e.